The second-order valence-corrected chi connectivity index (χ2v) is 4.18. The molecule has 1 aromatic rings. The fraction of sp³-hybridized carbons (Fsp3) is 0.538. The third-order valence-electron chi connectivity index (χ3n) is 2.24. The van der Waals surface area contributed by atoms with Crippen LogP contribution in [0.15, 0.2) is 30.3 Å². The van der Waals surface area contributed by atoms with Crippen molar-refractivity contribution in [1.29, 1.82) is 0 Å². The summed E-state index contributed by atoms with van der Waals surface area (Å²) in [6.45, 7) is 4.60. The van der Waals surface area contributed by atoms with Crippen LogP contribution >= 0.6 is 0 Å². The van der Waals surface area contributed by atoms with Crippen LogP contribution in [0.1, 0.15) is 25.5 Å². The molecule has 2 unspecified atom stereocenters. The van der Waals surface area contributed by atoms with E-state index in [4.69, 9.17) is 9.47 Å². The van der Waals surface area contributed by atoms with Crippen molar-refractivity contribution in [2.75, 3.05) is 13.7 Å². The van der Waals surface area contributed by atoms with Crippen LogP contribution in [-0.2, 0) is 9.47 Å². The Bertz CT molecular complexity index is 284. The van der Waals surface area contributed by atoms with Crippen LogP contribution in [-0.4, -0.2) is 25.1 Å². The molecule has 0 aliphatic rings. The van der Waals surface area contributed by atoms with Gasteiger partial charge in [0.2, 0.25) is 0 Å². The highest BCUT2D eigenvalue weighted by Gasteiger charge is 2.21. The number of aliphatic hydroxyl groups is 1. The standard InChI is InChI=1S/C13H20O3/c1-10(2)9-16-13(14)12(15-3)11-7-5-4-6-8-11/h4-8,10,12-14H,9H2,1-3H3. The highest BCUT2D eigenvalue weighted by molar-refractivity contribution is 5.18. The molecule has 1 rings (SSSR count). The summed E-state index contributed by atoms with van der Waals surface area (Å²) in [5, 5.41) is 9.86. The Hall–Kier alpha value is -0.900. The molecule has 0 saturated heterocycles. The summed E-state index contributed by atoms with van der Waals surface area (Å²) >= 11 is 0. The molecule has 0 bridgehead atoms. The van der Waals surface area contributed by atoms with E-state index in [-0.39, 0.29) is 0 Å². The van der Waals surface area contributed by atoms with E-state index in [0.29, 0.717) is 12.5 Å². The largest absolute Gasteiger partial charge is 0.371 e. The average Bonchev–Trinajstić information content (AvgIpc) is 2.29. The van der Waals surface area contributed by atoms with Gasteiger partial charge in [-0.3, -0.25) is 0 Å². The Kier molecular flexibility index (Phi) is 5.46. The number of benzene rings is 1. The van der Waals surface area contributed by atoms with Crippen molar-refractivity contribution in [2.24, 2.45) is 5.92 Å². The molecule has 0 heterocycles. The van der Waals surface area contributed by atoms with Crippen molar-refractivity contribution in [3.05, 3.63) is 35.9 Å². The first-order valence-electron chi connectivity index (χ1n) is 5.52. The van der Waals surface area contributed by atoms with Crippen LogP contribution in [0.3, 0.4) is 0 Å². The summed E-state index contributed by atoms with van der Waals surface area (Å²) in [6, 6.07) is 9.58. The second kappa shape index (κ2) is 6.63. The minimum Gasteiger partial charge on any atom is -0.371 e. The van der Waals surface area contributed by atoms with Gasteiger partial charge in [-0.25, -0.2) is 0 Å². The van der Waals surface area contributed by atoms with E-state index in [2.05, 4.69) is 0 Å². The smallest absolute Gasteiger partial charge is 0.185 e. The Morgan fingerprint density at radius 1 is 1.19 bits per heavy atom. The van der Waals surface area contributed by atoms with Crippen molar-refractivity contribution >= 4 is 0 Å². The fourth-order valence-corrected chi connectivity index (χ4v) is 1.44. The van der Waals surface area contributed by atoms with Gasteiger partial charge in [0, 0.05) is 7.11 Å². The molecule has 0 aliphatic carbocycles. The molecule has 1 aromatic carbocycles. The Morgan fingerprint density at radius 2 is 1.81 bits per heavy atom. The van der Waals surface area contributed by atoms with Gasteiger partial charge in [0.1, 0.15) is 6.10 Å². The number of aliphatic hydroxyl groups excluding tert-OH is 1. The van der Waals surface area contributed by atoms with E-state index in [0.717, 1.165) is 5.56 Å². The van der Waals surface area contributed by atoms with E-state index in [9.17, 15) is 5.11 Å². The first-order valence-corrected chi connectivity index (χ1v) is 5.52. The van der Waals surface area contributed by atoms with Gasteiger partial charge >= 0.3 is 0 Å². The maximum absolute atomic E-state index is 9.86. The summed E-state index contributed by atoms with van der Waals surface area (Å²) in [7, 11) is 1.57. The van der Waals surface area contributed by atoms with Gasteiger partial charge in [0.05, 0.1) is 6.61 Å². The molecule has 1 N–H and O–H groups in total. The van der Waals surface area contributed by atoms with Crippen molar-refractivity contribution in [1.82, 2.24) is 0 Å². The predicted molar refractivity (Wildman–Crippen MR) is 63.0 cm³/mol. The third kappa shape index (κ3) is 3.93. The van der Waals surface area contributed by atoms with Crippen LogP contribution in [0.2, 0.25) is 0 Å². The lowest BCUT2D eigenvalue weighted by molar-refractivity contribution is -0.177. The average molecular weight is 224 g/mol. The molecule has 0 fully saturated rings. The van der Waals surface area contributed by atoms with Crippen molar-refractivity contribution in [2.45, 2.75) is 26.2 Å². The number of hydrogen-bond donors (Lipinski definition) is 1. The van der Waals surface area contributed by atoms with Crippen LogP contribution in [0.4, 0.5) is 0 Å². The van der Waals surface area contributed by atoms with Crippen LogP contribution in [0.25, 0.3) is 0 Å². The van der Waals surface area contributed by atoms with E-state index in [1.807, 2.05) is 44.2 Å². The van der Waals surface area contributed by atoms with Crippen LogP contribution in [0, 0.1) is 5.92 Å². The minimum absolute atomic E-state index is 0.392. The Balaban J connectivity index is 2.60. The zero-order valence-electron chi connectivity index (χ0n) is 10.1. The van der Waals surface area contributed by atoms with Gasteiger partial charge in [0.25, 0.3) is 0 Å². The summed E-state index contributed by atoms with van der Waals surface area (Å²) in [5.74, 6) is 0.392. The molecular formula is C13H20O3. The molecule has 0 aromatic heterocycles. The van der Waals surface area contributed by atoms with Gasteiger partial charge in [-0.2, -0.15) is 0 Å². The van der Waals surface area contributed by atoms with E-state index in [1.165, 1.54) is 0 Å². The maximum Gasteiger partial charge on any atom is 0.185 e. The molecule has 3 nitrogen and oxygen atoms in total. The lowest BCUT2D eigenvalue weighted by atomic mass is 10.1. The zero-order chi connectivity index (χ0) is 12.0. The van der Waals surface area contributed by atoms with Crippen molar-refractivity contribution in [3.8, 4) is 0 Å². The third-order valence-corrected chi connectivity index (χ3v) is 2.24. The van der Waals surface area contributed by atoms with Gasteiger partial charge in [-0.05, 0) is 11.5 Å². The predicted octanol–water partition coefficient (Wildman–Crippen LogP) is 2.37. The minimum atomic E-state index is -0.921. The SMILES string of the molecule is COC(c1ccccc1)C(O)OCC(C)C. The van der Waals surface area contributed by atoms with E-state index in [1.54, 1.807) is 7.11 Å². The van der Waals surface area contributed by atoms with Gasteiger partial charge in [0.15, 0.2) is 6.29 Å². The number of methoxy groups -OCH3 is 1. The number of hydrogen-bond acceptors (Lipinski definition) is 3. The summed E-state index contributed by atoms with van der Waals surface area (Å²) in [4.78, 5) is 0. The molecule has 16 heavy (non-hydrogen) atoms. The zero-order valence-corrected chi connectivity index (χ0v) is 10.1. The molecule has 0 aliphatic heterocycles. The lowest BCUT2D eigenvalue weighted by Crippen LogP contribution is -2.25. The van der Waals surface area contributed by atoms with E-state index < -0.39 is 12.4 Å². The maximum atomic E-state index is 9.86. The van der Waals surface area contributed by atoms with Gasteiger partial charge in [-0.1, -0.05) is 44.2 Å². The molecule has 0 amide bonds. The summed E-state index contributed by atoms with van der Waals surface area (Å²) in [5.41, 5.74) is 0.918. The van der Waals surface area contributed by atoms with E-state index >= 15 is 0 Å². The molecule has 2 atom stereocenters. The highest BCUT2D eigenvalue weighted by atomic mass is 16.6. The molecular weight excluding hydrogens is 204 g/mol. The second-order valence-electron chi connectivity index (χ2n) is 4.18. The number of rotatable bonds is 6. The number of ether oxygens (including phenoxy) is 2. The van der Waals surface area contributed by atoms with Crippen molar-refractivity contribution < 1.29 is 14.6 Å². The monoisotopic (exact) mass is 224 g/mol. The normalized spacial score (nSPS) is 15.1. The summed E-state index contributed by atoms with van der Waals surface area (Å²) < 4.78 is 10.6. The topological polar surface area (TPSA) is 38.7 Å². The Labute approximate surface area is 97.0 Å². The molecule has 90 valence electrons. The fourth-order valence-electron chi connectivity index (χ4n) is 1.44. The van der Waals surface area contributed by atoms with Crippen molar-refractivity contribution in [3.63, 3.8) is 0 Å². The molecule has 0 radical (unpaired) electrons. The first kappa shape index (κ1) is 13.2. The van der Waals surface area contributed by atoms with Crippen LogP contribution in [0.5, 0.6) is 0 Å². The highest BCUT2D eigenvalue weighted by Crippen LogP contribution is 2.21. The first-order chi connectivity index (χ1) is 7.65. The molecule has 0 saturated carbocycles. The Morgan fingerprint density at radius 3 is 2.31 bits per heavy atom. The van der Waals surface area contributed by atoms with Crippen LogP contribution < -0.4 is 0 Å². The molecule has 3 heteroatoms. The van der Waals surface area contributed by atoms with Gasteiger partial charge in [-0.15, -0.1) is 0 Å². The lowest BCUT2D eigenvalue weighted by Gasteiger charge is -2.22. The quantitative estimate of drug-likeness (QED) is 0.754. The molecule has 0 spiro atoms. The van der Waals surface area contributed by atoms with Gasteiger partial charge < -0.3 is 14.6 Å². The summed E-state index contributed by atoms with van der Waals surface area (Å²) in [6.07, 6.45) is -1.35.